The van der Waals surface area contributed by atoms with Crippen LogP contribution in [0.4, 0.5) is 0 Å². The molecule has 1 aliphatic heterocycles. The van der Waals surface area contributed by atoms with Crippen LogP contribution in [0.5, 0.6) is 11.5 Å². The van der Waals surface area contributed by atoms with Crippen molar-refractivity contribution in [2.75, 3.05) is 0 Å². The Labute approximate surface area is 343 Å². The lowest BCUT2D eigenvalue weighted by atomic mass is 9.64. The molecular formula is C58H36O. The van der Waals surface area contributed by atoms with Gasteiger partial charge in [-0.25, -0.2) is 0 Å². The molecule has 0 N–H and O–H groups in total. The van der Waals surface area contributed by atoms with Crippen LogP contribution in [0.2, 0.25) is 0 Å². The largest absolute Gasteiger partial charge is 0.456 e. The Kier molecular flexibility index (Phi) is 6.64. The molecule has 10 aromatic carbocycles. The smallest absolute Gasteiger partial charge is 0.140 e. The van der Waals surface area contributed by atoms with E-state index in [2.05, 4.69) is 218 Å². The van der Waals surface area contributed by atoms with E-state index in [9.17, 15) is 0 Å². The van der Waals surface area contributed by atoms with Crippen molar-refractivity contribution in [1.29, 1.82) is 0 Å². The Morgan fingerprint density at radius 3 is 1.51 bits per heavy atom. The molecule has 1 spiro atoms. The molecular weight excluding hydrogens is 713 g/mol. The highest BCUT2D eigenvalue weighted by atomic mass is 16.5. The molecule has 3 aliphatic rings. The Morgan fingerprint density at radius 2 is 0.814 bits per heavy atom. The second-order valence-corrected chi connectivity index (χ2v) is 16.3. The number of rotatable bonds is 3. The summed E-state index contributed by atoms with van der Waals surface area (Å²) in [7, 11) is 0. The van der Waals surface area contributed by atoms with Crippen LogP contribution in [0.1, 0.15) is 44.5 Å². The number of fused-ring (bicyclic) bond motifs is 15. The molecule has 2 aliphatic carbocycles. The van der Waals surface area contributed by atoms with Crippen molar-refractivity contribution in [1.82, 2.24) is 0 Å². The van der Waals surface area contributed by atoms with Gasteiger partial charge in [0.25, 0.3) is 0 Å². The summed E-state index contributed by atoms with van der Waals surface area (Å²) in [5, 5.41) is 4.80. The topological polar surface area (TPSA) is 9.23 Å². The first-order valence-electron chi connectivity index (χ1n) is 20.6. The van der Waals surface area contributed by atoms with Gasteiger partial charge in [-0.15, -0.1) is 0 Å². The van der Waals surface area contributed by atoms with Crippen molar-refractivity contribution in [3.63, 3.8) is 0 Å². The molecule has 0 fully saturated rings. The van der Waals surface area contributed by atoms with Gasteiger partial charge in [0.1, 0.15) is 11.5 Å². The lowest BCUT2D eigenvalue weighted by Crippen LogP contribution is -2.32. The van der Waals surface area contributed by atoms with Crippen molar-refractivity contribution < 1.29 is 4.74 Å². The van der Waals surface area contributed by atoms with Gasteiger partial charge in [-0.05, 0) is 107 Å². The molecule has 1 heterocycles. The summed E-state index contributed by atoms with van der Waals surface area (Å²) in [5.41, 5.74) is 16.4. The lowest BCUT2D eigenvalue weighted by Gasteiger charge is -2.40. The summed E-state index contributed by atoms with van der Waals surface area (Å²) in [4.78, 5) is 0. The monoisotopic (exact) mass is 748 g/mol. The first-order chi connectivity index (χ1) is 29.3. The maximum atomic E-state index is 7.15. The Balaban J connectivity index is 1.13. The van der Waals surface area contributed by atoms with E-state index in [1.54, 1.807) is 0 Å². The van der Waals surface area contributed by atoms with Crippen LogP contribution in [0, 0.1) is 0 Å². The van der Waals surface area contributed by atoms with Crippen LogP contribution in [0.25, 0.3) is 54.9 Å². The molecule has 274 valence electrons. The van der Waals surface area contributed by atoms with Crippen LogP contribution in [0.3, 0.4) is 0 Å². The zero-order valence-electron chi connectivity index (χ0n) is 32.2. The normalized spacial score (nSPS) is 16.1. The van der Waals surface area contributed by atoms with Gasteiger partial charge in [0.05, 0.1) is 10.8 Å². The fraction of sp³-hybridized carbons (Fsp3) is 0.0345. The second-order valence-electron chi connectivity index (χ2n) is 16.3. The summed E-state index contributed by atoms with van der Waals surface area (Å²) >= 11 is 0. The highest BCUT2D eigenvalue weighted by Gasteiger charge is 2.52. The summed E-state index contributed by atoms with van der Waals surface area (Å²) < 4.78 is 7.15. The third-order valence-electron chi connectivity index (χ3n) is 13.6. The van der Waals surface area contributed by atoms with Gasteiger partial charge < -0.3 is 4.74 Å². The Bertz CT molecular complexity index is 3330. The molecule has 1 unspecified atom stereocenters. The molecule has 0 saturated heterocycles. The van der Waals surface area contributed by atoms with Crippen molar-refractivity contribution in [2.45, 2.75) is 10.8 Å². The predicted octanol–water partition coefficient (Wildman–Crippen LogP) is 14.5. The van der Waals surface area contributed by atoms with E-state index in [0.29, 0.717) is 0 Å². The summed E-state index contributed by atoms with van der Waals surface area (Å²) in [6, 6.07) is 81.2. The minimum atomic E-state index is -0.590. The van der Waals surface area contributed by atoms with E-state index in [-0.39, 0.29) is 0 Å². The van der Waals surface area contributed by atoms with Crippen molar-refractivity contribution in [3.05, 3.63) is 263 Å². The highest BCUT2D eigenvalue weighted by Crippen LogP contribution is 2.64. The van der Waals surface area contributed by atoms with E-state index in [0.717, 1.165) is 28.0 Å². The predicted molar refractivity (Wildman–Crippen MR) is 242 cm³/mol. The molecule has 0 saturated carbocycles. The fourth-order valence-corrected chi connectivity index (χ4v) is 11.3. The summed E-state index contributed by atoms with van der Waals surface area (Å²) in [6.07, 6.45) is 0. The summed E-state index contributed by atoms with van der Waals surface area (Å²) in [6.45, 7) is 0. The summed E-state index contributed by atoms with van der Waals surface area (Å²) in [5.74, 6) is 1.83. The van der Waals surface area contributed by atoms with E-state index >= 15 is 0 Å². The molecule has 10 aromatic rings. The van der Waals surface area contributed by atoms with Gasteiger partial charge in [-0.1, -0.05) is 194 Å². The molecule has 0 amide bonds. The lowest BCUT2D eigenvalue weighted by molar-refractivity contribution is 0.442. The van der Waals surface area contributed by atoms with Crippen LogP contribution in [0.15, 0.2) is 218 Å². The number of benzene rings is 10. The molecule has 1 heteroatoms. The maximum Gasteiger partial charge on any atom is 0.140 e. The number of hydrogen-bond acceptors (Lipinski definition) is 1. The third kappa shape index (κ3) is 4.19. The Morgan fingerprint density at radius 1 is 0.288 bits per heavy atom. The van der Waals surface area contributed by atoms with Gasteiger partial charge >= 0.3 is 0 Å². The SMILES string of the molecule is c1ccc(C2(c3ccccc3-c3ccc4c(c3)C3(c5ccccc5-c5ccccc53)c3ccc5ccccc5c3O4)c3ccccc3-c3cc4ccccc4cc32)cc1. The molecule has 0 bridgehead atoms. The van der Waals surface area contributed by atoms with Gasteiger partial charge in [0.2, 0.25) is 0 Å². The molecule has 1 nitrogen and oxygen atoms in total. The van der Waals surface area contributed by atoms with Crippen molar-refractivity contribution in [3.8, 4) is 44.9 Å². The molecule has 1 atom stereocenters. The van der Waals surface area contributed by atoms with Crippen LogP contribution in [-0.2, 0) is 10.8 Å². The number of ether oxygens (including phenoxy) is 1. The van der Waals surface area contributed by atoms with Gasteiger partial charge in [-0.2, -0.15) is 0 Å². The highest BCUT2D eigenvalue weighted by molar-refractivity contribution is 5.98. The average Bonchev–Trinajstić information content (AvgIpc) is 3.76. The zero-order chi connectivity index (χ0) is 38.7. The first kappa shape index (κ1) is 32.6. The van der Waals surface area contributed by atoms with Crippen LogP contribution >= 0.6 is 0 Å². The van der Waals surface area contributed by atoms with Gasteiger partial charge in [0.15, 0.2) is 0 Å². The maximum absolute atomic E-state index is 7.15. The van der Waals surface area contributed by atoms with Crippen LogP contribution < -0.4 is 4.74 Å². The standard InChI is InChI=1S/C58H36O/c1-2-19-41(20-3-1)57(49-27-13-11-25-46(49)47-34-38-17-4-5-18-39(38)35-53(47)57)48-26-12-8-21-42(48)40-31-33-55-54(36-40)58(52-32-30-37-16-6-7-22-43(37)56(52)59-55)50-28-14-9-23-44(50)45-24-10-15-29-51(45)58/h1-36H. The first-order valence-corrected chi connectivity index (χ1v) is 20.6. The van der Waals surface area contributed by atoms with E-state index in [1.807, 2.05) is 0 Å². The van der Waals surface area contributed by atoms with Crippen molar-refractivity contribution >= 4 is 21.5 Å². The van der Waals surface area contributed by atoms with E-state index in [1.165, 1.54) is 82.9 Å². The zero-order valence-corrected chi connectivity index (χ0v) is 32.2. The second kappa shape index (κ2) is 12.0. The van der Waals surface area contributed by atoms with E-state index in [4.69, 9.17) is 4.74 Å². The van der Waals surface area contributed by atoms with Gasteiger partial charge in [-0.3, -0.25) is 0 Å². The van der Waals surface area contributed by atoms with Crippen molar-refractivity contribution in [2.24, 2.45) is 0 Å². The molecule has 0 radical (unpaired) electrons. The molecule has 13 rings (SSSR count). The Hall–Kier alpha value is -7.48. The quantitative estimate of drug-likeness (QED) is 0.175. The minimum Gasteiger partial charge on any atom is -0.456 e. The minimum absolute atomic E-state index is 0.573. The third-order valence-corrected chi connectivity index (χ3v) is 13.6. The van der Waals surface area contributed by atoms with Gasteiger partial charge in [0, 0.05) is 16.5 Å². The number of hydrogen-bond donors (Lipinski definition) is 0. The van der Waals surface area contributed by atoms with E-state index < -0.39 is 10.8 Å². The fourth-order valence-electron chi connectivity index (χ4n) is 11.3. The average molecular weight is 749 g/mol. The van der Waals surface area contributed by atoms with Crippen LogP contribution in [-0.4, -0.2) is 0 Å². The molecule has 0 aromatic heterocycles. The molecule has 59 heavy (non-hydrogen) atoms.